The van der Waals surface area contributed by atoms with Crippen LogP contribution in [0.15, 0.2) is 24.3 Å². The summed E-state index contributed by atoms with van der Waals surface area (Å²) >= 11 is 0. The summed E-state index contributed by atoms with van der Waals surface area (Å²) in [7, 11) is 0. The Hall–Kier alpha value is -2.30. The standard InChI is InChI=1S/C17H22N2O3/c1-10(2)6-13(17(21)22)9-18-16(20)15-8-12-5-4-11(3)7-14(12)19-15/h4-5,7-8,10,13,19H,6,9H2,1-3H3,(H,18,20)(H,21,22). The number of aliphatic carboxylic acids is 1. The minimum Gasteiger partial charge on any atom is -0.481 e. The van der Waals surface area contributed by atoms with Gasteiger partial charge >= 0.3 is 5.97 Å². The smallest absolute Gasteiger partial charge is 0.308 e. The van der Waals surface area contributed by atoms with Gasteiger partial charge in [0.05, 0.1) is 5.92 Å². The molecule has 0 radical (unpaired) electrons. The van der Waals surface area contributed by atoms with Crippen molar-refractivity contribution >= 4 is 22.8 Å². The molecule has 2 aromatic rings. The second-order valence-corrected chi connectivity index (χ2v) is 6.15. The second-order valence-electron chi connectivity index (χ2n) is 6.15. The third-order valence-corrected chi connectivity index (χ3v) is 3.64. The van der Waals surface area contributed by atoms with Crippen molar-refractivity contribution in [2.45, 2.75) is 27.2 Å². The molecule has 2 rings (SSSR count). The summed E-state index contributed by atoms with van der Waals surface area (Å²) in [6.07, 6.45) is 0.543. The minimum atomic E-state index is -0.874. The lowest BCUT2D eigenvalue weighted by Gasteiger charge is -2.15. The third-order valence-electron chi connectivity index (χ3n) is 3.64. The van der Waals surface area contributed by atoms with E-state index in [1.165, 1.54) is 0 Å². The number of carboxylic acid groups (broad SMARTS) is 1. The zero-order valence-electron chi connectivity index (χ0n) is 13.1. The highest BCUT2D eigenvalue weighted by atomic mass is 16.4. The second kappa shape index (κ2) is 6.64. The first kappa shape index (κ1) is 16.1. The molecule has 0 aliphatic carbocycles. The molecule has 1 heterocycles. The number of nitrogens with one attached hydrogen (secondary N) is 2. The molecule has 5 nitrogen and oxygen atoms in total. The zero-order chi connectivity index (χ0) is 16.3. The SMILES string of the molecule is Cc1ccc2cc(C(=O)NCC(CC(C)C)C(=O)O)[nH]c2c1. The van der Waals surface area contributed by atoms with Crippen molar-refractivity contribution < 1.29 is 14.7 Å². The van der Waals surface area contributed by atoms with E-state index in [1.807, 2.05) is 39.0 Å². The molecule has 0 aliphatic rings. The van der Waals surface area contributed by atoms with Crippen molar-refractivity contribution in [3.63, 3.8) is 0 Å². The molecule has 1 aromatic carbocycles. The van der Waals surface area contributed by atoms with Crippen LogP contribution < -0.4 is 5.32 Å². The van der Waals surface area contributed by atoms with Crippen LogP contribution in [0.5, 0.6) is 0 Å². The van der Waals surface area contributed by atoms with E-state index in [0.717, 1.165) is 16.5 Å². The van der Waals surface area contributed by atoms with Gasteiger partial charge in [-0.15, -0.1) is 0 Å². The van der Waals surface area contributed by atoms with E-state index >= 15 is 0 Å². The molecule has 1 atom stereocenters. The number of fused-ring (bicyclic) bond motifs is 1. The lowest BCUT2D eigenvalue weighted by Crippen LogP contribution is -2.33. The van der Waals surface area contributed by atoms with Crippen molar-refractivity contribution in [1.82, 2.24) is 10.3 Å². The molecule has 0 saturated heterocycles. The molecule has 118 valence electrons. The van der Waals surface area contributed by atoms with E-state index in [0.29, 0.717) is 12.1 Å². The molecule has 3 N–H and O–H groups in total. The maximum absolute atomic E-state index is 12.2. The van der Waals surface area contributed by atoms with Gasteiger partial charge in [-0.25, -0.2) is 0 Å². The number of amides is 1. The highest BCUT2D eigenvalue weighted by molar-refractivity contribution is 5.98. The van der Waals surface area contributed by atoms with Gasteiger partial charge in [-0.05, 0) is 37.0 Å². The van der Waals surface area contributed by atoms with E-state index in [-0.39, 0.29) is 18.4 Å². The number of benzene rings is 1. The van der Waals surface area contributed by atoms with Crippen molar-refractivity contribution in [2.24, 2.45) is 11.8 Å². The number of carbonyl (C=O) groups excluding carboxylic acids is 1. The van der Waals surface area contributed by atoms with Crippen LogP contribution in [0.4, 0.5) is 0 Å². The van der Waals surface area contributed by atoms with E-state index in [2.05, 4.69) is 10.3 Å². The quantitative estimate of drug-likeness (QED) is 0.767. The number of hydrogen-bond donors (Lipinski definition) is 3. The molecule has 1 aromatic heterocycles. The van der Waals surface area contributed by atoms with Crippen LogP contribution in [0.3, 0.4) is 0 Å². The number of rotatable bonds is 6. The average Bonchev–Trinajstić information content (AvgIpc) is 2.85. The normalized spacial score (nSPS) is 12.5. The average molecular weight is 302 g/mol. The van der Waals surface area contributed by atoms with Gasteiger partial charge in [-0.3, -0.25) is 9.59 Å². The fraction of sp³-hybridized carbons (Fsp3) is 0.412. The highest BCUT2D eigenvalue weighted by Crippen LogP contribution is 2.17. The van der Waals surface area contributed by atoms with E-state index in [4.69, 9.17) is 0 Å². The fourth-order valence-corrected chi connectivity index (χ4v) is 2.51. The Kier molecular flexibility index (Phi) is 4.85. The maximum atomic E-state index is 12.2. The summed E-state index contributed by atoms with van der Waals surface area (Å²) in [4.78, 5) is 26.5. The predicted molar refractivity (Wildman–Crippen MR) is 85.9 cm³/mol. The summed E-state index contributed by atoms with van der Waals surface area (Å²) in [6, 6.07) is 7.70. The molecule has 1 amide bonds. The van der Waals surface area contributed by atoms with Crippen molar-refractivity contribution in [1.29, 1.82) is 0 Å². The highest BCUT2D eigenvalue weighted by Gasteiger charge is 2.20. The van der Waals surface area contributed by atoms with Gasteiger partial charge in [0.1, 0.15) is 5.69 Å². The number of aryl methyl sites for hydroxylation is 1. The van der Waals surface area contributed by atoms with Crippen LogP contribution in [0.2, 0.25) is 0 Å². The zero-order valence-corrected chi connectivity index (χ0v) is 13.1. The van der Waals surface area contributed by atoms with E-state index in [9.17, 15) is 14.7 Å². The minimum absolute atomic E-state index is 0.140. The summed E-state index contributed by atoms with van der Waals surface area (Å²) in [5.41, 5.74) is 2.47. The number of aromatic nitrogens is 1. The summed E-state index contributed by atoms with van der Waals surface area (Å²) < 4.78 is 0. The monoisotopic (exact) mass is 302 g/mol. The first-order chi connectivity index (χ1) is 10.4. The molecule has 22 heavy (non-hydrogen) atoms. The van der Waals surface area contributed by atoms with Crippen LogP contribution in [-0.4, -0.2) is 28.5 Å². The Morgan fingerprint density at radius 3 is 2.64 bits per heavy atom. The molecule has 1 unspecified atom stereocenters. The Labute approximate surface area is 129 Å². The first-order valence-corrected chi connectivity index (χ1v) is 7.47. The number of H-pyrrole nitrogens is 1. The topological polar surface area (TPSA) is 82.2 Å². The summed E-state index contributed by atoms with van der Waals surface area (Å²) in [6.45, 7) is 6.07. The van der Waals surface area contributed by atoms with Gasteiger partial charge in [-0.2, -0.15) is 0 Å². The van der Waals surface area contributed by atoms with Crippen LogP contribution in [0.1, 0.15) is 36.3 Å². The molecule has 5 heteroatoms. The molecule has 0 bridgehead atoms. The molecular formula is C17H22N2O3. The molecule has 0 aliphatic heterocycles. The van der Waals surface area contributed by atoms with Gasteiger partial charge in [0, 0.05) is 17.4 Å². The van der Waals surface area contributed by atoms with Gasteiger partial charge in [0.25, 0.3) is 5.91 Å². The van der Waals surface area contributed by atoms with Crippen molar-refractivity contribution in [2.75, 3.05) is 6.54 Å². The van der Waals surface area contributed by atoms with Gasteiger partial charge in [-0.1, -0.05) is 26.0 Å². The van der Waals surface area contributed by atoms with Gasteiger partial charge in [0.15, 0.2) is 0 Å². The number of carbonyl (C=O) groups is 2. The number of carboxylic acids is 1. The van der Waals surface area contributed by atoms with Crippen LogP contribution in [0, 0.1) is 18.8 Å². The summed E-state index contributed by atoms with van der Waals surface area (Å²) in [5.74, 6) is -1.44. The Bertz CT molecular complexity index is 688. The van der Waals surface area contributed by atoms with E-state index in [1.54, 1.807) is 6.07 Å². The van der Waals surface area contributed by atoms with Crippen molar-refractivity contribution in [3.05, 3.63) is 35.5 Å². The Morgan fingerprint density at radius 2 is 2.00 bits per heavy atom. The van der Waals surface area contributed by atoms with Crippen LogP contribution >= 0.6 is 0 Å². The molecule has 0 fully saturated rings. The lowest BCUT2D eigenvalue weighted by atomic mass is 9.97. The van der Waals surface area contributed by atoms with Crippen molar-refractivity contribution in [3.8, 4) is 0 Å². The molecule has 0 saturated carbocycles. The van der Waals surface area contributed by atoms with Gasteiger partial charge < -0.3 is 15.4 Å². The van der Waals surface area contributed by atoms with E-state index < -0.39 is 11.9 Å². The largest absolute Gasteiger partial charge is 0.481 e. The lowest BCUT2D eigenvalue weighted by molar-refractivity contribution is -0.142. The molecular weight excluding hydrogens is 280 g/mol. The third kappa shape index (κ3) is 3.87. The Balaban J connectivity index is 2.05. The number of hydrogen-bond acceptors (Lipinski definition) is 2. The van der Waals surface area contributed by atoms with Gasteiger partial charge in [0.2, 0.25) is 0 Å². The Morgan fingerprint density at radius 1 is 1.27 bits per heavy atom. The first-order valence-electron chi connectivity index (χ1n) is 7.47. The predicted octanol–water partition coefficient (Wildman–Crippen LogP) is 2.95. The summed E-state index contributed by atoms with van der Waals surface area (Å²) in [5, 5.41) is 12.9. The number of aromatic amines is 1. The van der Waals surface area contributed by atoms with Crippen LogP contribution in [0.25, 0.3) is 10.9 Å². The van der Waals surface area contributed by atoms with Crippen LogP contribution in [-0.2, 0) is 4.79 Å². The maximum Gasteiger partial charge on any atom is 0.308 e. The molecule has 0 spiro atoms. The fourth-order valence-electron chi connectivity index (χ4n) is 2.51.